The molecule has 2 unspecified atom stereocenters. The third-order valence-corrected chi connectivity index (χ3v) is 3.69. The van der Waals surface area contributed by atoms with Crippen LogP contribution in [0.5, 0.6) is 0 Å². The van der Waals surface area contributed by atoms with Crippen molar-refractivity contribution >= 4 is 23.2 Å². The van der Waals surface area contributed by atoms with Crippen molar-refractivity contribution in [2.24, 2.45) is 11.7 Å². The first-order chi connectivity index (χ1) is 8.49. The van der Waals surface area contributed by atoms with Crippen molar-refractivity contribution in [3.63, 3.8) is 0 Å². The maximum atomic E-state index is 11.1. The molecule has 0 aromatic heterocycles. The summed E-state index contributed by atoms with van der Waals surface area (Å²) in [6.45, 7) is 3.09. The van der Waals surface area contributed by atoms with E-state index in [4.69, 9.17) is 17.3 Å². The molecule has 1 aliphatic rings. The number of benzene rings is 1. The van der Waals surface area contributed by atoms with E-state index in [1.54, 1.807) is 13.0 Å². The summed E-state index contributed by atoms with van der Waals surface area (Å²) >= 11 is 6.21. The second-order valence-electron chi connectivity index (χ2n) is 4.72. The number of aliphatic hydroxyl groups is 1. The fraction of sp³-hybridized carbons (Fsp3) is 0.462. The van der Waals surface area contributed by atoms with Gasteiger partial charge in [-0.05, 0) is 31.0 Å². The van der Waals surface area contributed by atoms with Gasteiger partial charge >= 0.3 is 0 Å². The van der Waals surface area contributed by atoms with E-state index in [1.807, 2.05) is 12.1 Å². The number of nitrogens with two attached hydrogens (primary N) is 1. The number of amides is 1. The van der Waals surface area contributed by atoms with E-state index in [2.05, 4.69) is 4.90 Å². The summed E-state index contributed by atoms with van der Waals surface area (Å²) in [7, 11) is 0. The molecular weight excluding hydrogens is 252 g/mol. The number of halogens is 1. The monoisotopic (exact) mass is 268 g/mol. The predicted octanol–water partition coefficient (Wildman–Crippen LogP) is 1.70. The van der Waals surface area contributed by atoms with Gasteiger partial charge < -0.3 is 15.7 Å². The van der Waals surface area contributed by atoms with Crippen LogP contribution >= 0.6 is 11.6 Å². The number of rotatable bonds is 3. The molecular formula is C13H17ClN2O2. The number of carbonyl (C=O) groups is 1. The lowest BCUT2D eigenvalue weighted by molar-refractivity contribution is -0.121. The summed E-state index contributed by atoms with van der Waals surface area (Å²) in [5, 5.41) is 10.1. The van der Waals surface area contributed by atoms with Crippen molar-refractivity contribution in [2.75, 3.05) is 18.0 Å². The average molecular weight is 269 g/mol. The van der Waals surface area contributed by atoms with Gasteiger partial charge in [0, 0.05) is 13.1 Å². The minimum Gasteiger partial charge on any atom is -0.389 e. The van der Waals surface area contributed by atoms with Crippen molar-refractivity contribution < 1.29 is 9.90 Å². The zero-order valence-electron chi connectivity index (χ0n) is 10.3. The number of hydrogen-bond donors (Lipinski definition) is 2. The quantitative estimate of drug-likeness (QED) is 0.877. The van der Waals surface area contributed by atoms with Crippen LogP contribution in [-0.4, -0.2) is 24.1 Å². The summed E-state index contributed by atoms with van der Waals surface area (Å²) < 4.78 is 0. The Morgan fingerprint density at radius 2 is 2.33 bits per heavy atom. The maximum Gasteiger partial charge on any atom is 0.222 e. The van der Waals surface area contributed by atoms with Crippen LogP contribution in [0.1, 0.15) is 25.0 Å². The lowest BCUT2D eigenvalue weighted by atomic mass is 10.1. The largest absolute Gasteiger partial charge is 0.389 e. The molecule has 3 N–H and O–H groups in total. The van der Waals surface area contributed by atoms with E-state index >= 15 is 0 Å². The van der Waals surface area contributed by atoms with Gasteiger partial charge in [-0.15, -0.1) is 0 Å². The zero-order valence-corrected chi connectivity index (χ0v) is 11.0. The molecule has 0 saturated carbocycles. The summed E-state index contributed by atoms with van der Waals surface area (Å²) in [4.78, 5) is 13.2. The van der Waals surface area contributed by atoms with E-state index in [0.29, 0.717) is 11.6 Å². The van der Waals surface area contributed by atoms with E-state index in [0.717, 1.165) is 24.2 Å². The van der Waals surface area contributed by atoms with Crippen LogP contribution in [0.2, 0.25) is 5.02 Å². The Morgan fingerprint density at radius 3 is 2.83 bits per heavy atom. The average Bonchev–Trinajstić information content (AvgIpc) is 2.78. The van der Waals surface area contributed by atoms with Gasteiger partial charge in [-0.1, -0.05) is 17.7 Å². The molecule has 5 heteroatoms. The lowest BCUT2D eigenvalue weighted by Gasteiger charge is -2.20. The Bertz CT molecular complexity index is 462. The predicted molar refractivity (Wildman–Crippen MR) is 71.6 cm³/mol. The molecule has 1 aliphatic heterocycles. The minimum absolute atomic E-state index is 0.0995. The van der Waals surface area contributed by atoms with Crippen LogP contribution in [0, 0.1) is 5.92 Å². The third-order valence-electron chi connectivity index (χ3n) is 3.39. The van der Waals surface area contributed by atoms with Crippen LogP contribution in [-0.2, 0) is 4.79 Å². The molecule has 1 heterocycles. The summed E-state index contributed by atoms with van der Waals surface area (Å²) in [5.74, 6) is -0.355. The van der Waals surface area contributed by atoms with Crippen molar-refractivity contribution in [3.8, 4) is 0 Å². The lowest BCUT2D eigenvalue weighted by Crippen LogP contribution is -2.27. The molecule has 0 radical (unpaired) electrons. The molecule has 1 amide bonds. The Labute approximate surface area is 111 Å². The molecule has 0 spiro atoms. The Morgan fingerprint density at radius 1 is 1.61 bits per heavy atom. The van der Waals surface area contributed by atoms with Crippen molar-refractivity contribution in [1.82, 2.24) is 0 Å². The van der Waals surface area contributed by atoms with Gasteiger partial charge in [0.1, 0.15) is 0 Å². The van der Waals surface area contributed by atoms with Crippen LogP contribution in [0.15, 0.2) is 18.2 Å². The Kier molecular flexibility index (Phi) is 3.78. The molecule has 1 saturated heterocycles. The molecule has 0 aliphatic carbocycles. The van der Waals surface area contributed by atoms with Gasteiger partial charge in [-0.2, -0.15) is 0 Å². The van der Waals surface area contributed by atoms with Crippen LogP contribution in [0.4, 0.5) is 5.69 Å². The topological polar surface area (TPSA) is 66.6 Å². The van der Waals surface area contributed by atoms with E-state index < -0.39 is 6.10 Å². The molecule has 2 rings (SSSR count). The first-order valence-corrected chi connectivity index (χ1v) is 6.38. The summed E-state index contributed by atoms with van der Waals surface area (Å²) in [6, 6.07) is 5.50. The van der Waals surface area contributed by atoms with Crippen molar-refractivity contribution in [2.45, 2.75) is 19.4 Å². The highest BCUT2D eigenvalue weighted by atomic mass is 35.5. The number of nitrogens with zero attached hydrogens (tertiary/aromatic N) is 1. The second kappa shape index (κ2) is 5.16. The molecule has 18 heavy (non-hydrogen) atoms. The van der Waals surface area contributed by atoms with Gasteiger partial charge in [0.2, 0.25) is 5.91 Å². The molecule has 1 aromatic rings. The molecule has 1 aromatic carbocycles. The highest BCUT2D eigenvalue weighted by molar-refractivity contribution is 6.33. The fourth-order valence-corrected chi connectivity index (χ4v) is 2.56. The first-order valence-electron chi connectivity index (χ1n) is 6.01. The summed E-state index contributed by atoms with van der Waals surface area (Å²) in [5.41, 5.74) is 6.99. The minimum atomic E-state index is -0.534. The SMILES string of the molecule is CC(O)c1ccc(N2CCC(C(N)=O)C2)c(Cl)c1. The van der Waals surface area contributed by atoms with Crippen molar-refractivity contribution in [1.29, 1.82) is 0 Å². The first kappa shape index (κ1) is 13.2. The van der Waals surface area contributed by atoms with Gasteiger partial charge in [0.25, 0.3) is 0 Å². The number of primary amides is 1. The van der Waals surface area contributed by atoms with Crippen LogP contribution in [0.25, 0.3) is 0 Å². The van der Waals surface area contributed by atoms with Crippen LogP contribution < -0.4 is 10.6 Å². The molecule has 2 atom stereocenters. The van der Waals surface area contributed by atoms with Gasteiger partial charge in [-0.25, -0.2) is 0 Å². The maximum absolute atomic E-state index is 11.1. The van der Waals surface area contributed by atoms with Crippen LogP contribution in [0.3, 0.4) is 0 Å². The molecule has 0 bridgehead atoms. The Balaban J connectivity index is 2.17. The molecule has 98 valence electrons. The standard InChI is InChI=1S/C13H17ClN2O2/c1-8(17)9-2-3-12(11(14)6-9)16-5-4-10(7-16)13(15)18/h2-3,6,8,10,17H,4-5,7H2,1H3,(H2,15,18). The number of carbonyl (C=O) groups excluding carboxylic acids is 1. The number of aliphatic hydroxyl groups excluding tert-OH is 1. The highest BCUT2D eigenvalue weighted by Gasteiger charge is 2.27. The van der Waals surface area contributed by atoms with E-state index in [9.17, 15) is 9.90 Å². The fourth-order valence-electron chi connectivity index (χ4n) is 2.25. The molecule has 1 fully saturated rings. The third kappa shape index (κ3) is 2.60. The Hall–Kier alpha value is -1.26. The van der Waals surface area contributed by atoms with E-state index in [-0.39, 0.29) is 11.8 Å². The summed E-state index contributed by atoms with van der Waals surface area (Å²) in [6.07, 6.45) is 0.234. The number of anilines is 1. The zero-order chi connectivity index (χ0) is 13.3. The smallest absolute Gasteiger partial charge is 0.222 e. The number of hydrogen-bond acceptors (Lipinski definition) is 3. The van der Waals surface area contributed by atoms with Gasteiger partial charge in [0.15, 0.2) is 0 Å². The highest BCUT2D eigenvalue weighted by Crippen LogP contribution is 2.32. The van der Waals surface area contributed by atoms with Gasteiger partial charge in [0.05, 0.1) is 22.7 Å². The van der Waals surface area contributed by atoms with Gasteiger partial charge in [-0.3, -0.25) is 4.79 Å². The second-order valence-corrected chi connectivity index (χ2v) is 5.13. The van der Waals surface area contributed by atoms with E-state index in [1.165, 1.54) is 0 Å². The van der Waals surface area contributed by atoms with Crippen molar-refractivity contribution in [3.05, 3.63) is 28.8 Å². The normalized spacial score (nSPS) is 21.1. The molecule has 4 nitrogen and oxygen atoms in total.